The first-order valence-electron chi connectivity index (χ1n) is 13.4. The van der Waals surface area contributed by atoms with Gasteiger partial charge in [0.25, 0.3) is 5.91 Å². The summed E-state index contributed by atoms with van der Waals surface area (Å²) in [7, 11) is 0. The molecule has 0 radical (unpaired) electrons. The summed E-state index contributed by atoms with van der Waals surface area (Å²) in [6, 6.07) is 7.03. The van der Waals surface area contributed by atoms with Crippen molar-refractivity contribution in [2.75, 3.05) is 43.4 Å². The van der Waals surface area contributed by atoms with Crippen molar-refractivity contribution in [1.29, 1.82) is 0 Å². The molecule has 2 fully saturated rings. The predicted octanol–water partition coefficient (Wildman–Crippen LogP) is 3.55. The van der Waals surface area contributed by atoms with E-state index in [-0.39, 0.29) is 16.7 Å². The first kappa shape index (κ1) is 28.5. The molecule has 11 heteroatoms. The molecule has 9 nitrogen and oxygen atoms in total. The molecule has 2 aliphatic heterocycles. The number of piperazine rings is 1. The lowest BCUT2D eigenvalue weighted by atomic mass is 9.96. The van der Waals surface area contributed by atoms with Gasteiger partial charge >= 0.3 is 0 Å². The minimum atomic E-state index is -0.740. The number of piperidine rings is 1. The van der Waals surface area contributed by atoms with Gasteiger partial charge in [-0.15, -0.1) is 0 Å². The molecule has 0 unspecified atom stereocenters. The van der Waals surface area contributed by atoms with Gasteiger partial charge in [0, 0.05) is 49.7 Å². The van der Waals surface area contributed by atoms with E-state index in [0.717, 1.165) is 82.7 Å². The molecule has 2 aromatic rings. The van der Waals surface area contributed by atoms with Crippen molar-refractivity contribution < 1.29 is 9.59 Å². The molecular weight excluding hydrogens is 525 g/mol. The number of halogens is 2. The van der Waals surface area contributed by atoms with E-state index in [4.69, 9.17) is 34.7 Å². The number of hydrogen-bond acceptors (Lipinski definition) is 8. The number of anilines is 2. The lowest BCUT2D eigenvalue weighted by Crippen LogP contribution is -2.58. The maximum Gasteiger partial charge on any atom is 0.271 e. The fraction of sp³-hybridized carbons (Fsp3) is 0.556. The Morgan fingerprint density at radius 2 is 1.89 bits per heavy atom. The molecule has 2 aliphatic rings. The molecule has 0 aliphatic carbocycles. The van der Waals surface area contributed by atoms with E-state index in [9.17, 15) is 9.59 Å². The third kappa shape index (κ3) is 6.75. The Morgan fingerprint density at radius 3 is 2.58 bits per heavy atom. The summed E-state index contributed by atoms with van der Waals surface area (Å²) in [6.45, 7) is 7.63. The van der Waals surface area contributed by atoms with E-state index in [1.807, 2.05) is 12.1 Å². The van der Waals surface area contributed by atoms with Crippen LogP contribution < -0.4 is 16.4 Å². The molecule has 4 rings (SSSR count). The number of primary amides is 1. The van der Waals surface area contributed by atoms with Crippen LogP contribution in [0.2, 0.25) is 10.2 Å². The number of amides is 1. The average Bonchev–Trinajstić information content (AvgIpc) is 2.91. The van der Waals surface area contributed by atoms with E-state index < -0.39 is 5.91 Å². The molecule has 1 aromatic heterocycles. The van der Waals surface area contributed by atoms with Crippen LogP contribution in [0, 0.1) is 0 Å². The molecule has 38 heavy (non-hydrogen) atoms. The first-order chi connectivity index (χ1) is 18.3. The molecule has 0 spiro atoms. The standard InChI is InChI=1S/C27H37Cl2N7O2/c1-2-21-17-35(27-24(29)32-23(26(31)38)25(30)33-27)12-13-36(21)22-8-10-34(11-9-22)16-19-6-7-20(28)15-18(19)5-3-4-14-37/h6-7,14-15,21-22H,2-5,8-13,16-17H2,1H3,(H2,30,33)(H2,31,38)/t21-/m0/s1. The van der Waals surface area contributed by atoms with Crippen LogP contribution in [0.3, 0.4) is 0 Å². The van der Waals surface area contributed by atoms with E-state index in [2.05, 4.69) is 37.7 Å². The van der Waals surface area contributed by atoms with Crippen molar-refractivity contribution >= 4 is 47.0 Å². The summed E-state index contributed by atoms with van der Waals surface area (Å²) >= 11 is 12.6. The van der Waals surface area contributed by atoms with Crippen molar-refractivity contribution in [3.63, 3.8) is 0 Å². The van der Waals surface area contributed by atoms with Crippen LogP contribution in [0.4, 0.5) is 11.6 Å². The number of unbranched alkanes of at least 4 members (excludes halogenated alkanes) is 1. The van der Waals surface area contributed by atoms with Crippen LogP contribution in [-0.4, -0.2) is 76.8 Å². The number of nitrogens with two attached hydrogens (primary N) is 2. The van der Waals surface area contributed by atoms with Gasteiger partial charge in [0.1, 0.15) is 6.29 Å². The number of aromatic nitrogens is 2. The normalized spacial score (nSPS) is 19.6. The summed E-state index contributed by atoms with van der Waals surface area (Å²) in [4.78, 5) is 38.0. The SMILES string of the molecule is CC[C@H]1CN(c2nc(N)c(C(N)=O)nc2Cl)CCN1C1CCN(Cc2ccc(Cl)cc2CCCC=O)CC1. The van der Waals surface area contributed by atoms with Gasteiger partial charge in [0.2, 0.25) is 0 Å². The fourth-order valence-corrected chi connectivity index (χ4v) is 6.16. The monoisotopic (exact) mass is 561 g/mol. The maximum atomic E-state index is 11.5. The summed E-state index contributed by atoms with van der Waals surface area (Å²) in [5.41, 5.74) is 13.7. The first-order valence-corrected chi connectivity index (χ1v) is 14.1. The summed E-state index contributed by atoms with van der Waals surface area (Å²) in [5.74, 6) is -0.224. The lowest BCUT2D eigenvalue weighted by Gasteiger charge is -2.47. The topological polar surface area (TPSA) is 122 Å². The van der Waals surface area contributed by atoms with Gasteiger partial charge in [-0.25, -0.2) is 9.97 Å². The van der Waals surface area contributed by atoms with Gasteiger partial charge in [-0.2, -0.15) is 0 Å². The molecule has 2 saturated heterocycles. The Balaban J connectivity index is 1.35. The number of likely N-dealkylation sites (tertiary alicyclic amines) is 1. The van der Waals surface area contributed by atoms with Gasteiger partial charge in [0.05, 0.1) is 0 Å². The van der Waals surface area contributed by atoms with Gasteiger partial charge in [-0.1, -0.05) is 36.2 Å². The highest BCUT2D eigenvalue weighted by molar-refractivity contribution is 6.32. The van der Waals surface area contributed by atoms with Crippen LogP contribution in [-0.2, 0) is 17.8 Å². The molecule has 3 heterocycles. The number of carbonyl (C=O) groups excluding carboxylic acids is 2. The lowest BCUT2D eigenvalue weighted by molar-refractivity contribution is -0.107. The molecule has 0 saturated carbocycles. The summed E-state index contributed by atoms with van der Waals surface area (Å²) < 4.78 is 0. The largest absolute Gasteiger partial charge is 0.382 e. The number of aldehydes is 1. The number of carbonyl (C=O) groups is 2. The van der Waals surface area contributed by atoms with Crippen molar-refractivity contribution in [2.24, 2.45) is 5.73 Å². The van der Waals surface area contributed by atoms with E-state index in [0.29, 0.717) is 24.3 Å². The van der Waals surface area contributed by atoms with Crippen LogP contribution in [0.15, 0.2) is 18.2 Å². The van der Waals surface area contributed by atoms with Gasteiger partial charge in [-0.05, 0) is 68.5 Å². The third-order valence-electron chi connectivity index (χ3n) is 7.75. The average molecular weight is 563 g/mol. The van der Waals surface area contributed by atoms with Crippen LogP contribution in [0.5, 0.6) is 0 Å². The Kier molecular flexibility index (Phi) is 9.81. The zero-order valence-corrected chi connectivity index (χ0v) is 23.4. The molecule has 0 bridgehead atoms. The minimum Gasteiger partial charge on any atom is -0.382 e. The van der Waals surface area contributed by atoms with E-state index in [1.165, 1.54) is 11.1 Å². The third-order valence-corrected chi connectivity index (χ3v) is 8.24. The van der Waals surface area contributed by atoms with Crippen molar-refractivity contribution in [3.8, 4) is 0 Å². The smallest absolute Gasteiger partial charge is 0.271 e. The second-order valence-electron chi connectivity index (χ2n) is 10.2. The van der Waals surface area contributed by atoms with Crippen LogP contribution >= 0.6 is 23.2 Å². The zero-order valence-electron chi connectivity index (χ0n) is 21.9. The molecule has 1 amide bonds. The Labute approximate surface area is 234 Å². The molecule has 4 N–H and O–H groups in total. The van der Waals surface area contributed by atoms with Gasteiger partial charge < -0.3 is 21.2 Å². The number of benzene rings is 1. The molecular formula is C27H37Cl2N7O2. The molecule has 1 aromatic carbocycles. The van der Waals surface area contributed by atoms with Gasteiger partial charge in [-0.3, -0.25) is 14.6 Å². The maximum absolute atomic E-state index is 11.5. The highest BCUT2D eigenvalue weighted by Crippen LogP contribution is 2.30. The van der Waals surface area contributed by atoms with E-state index >= 15 is 0 Å². The predicted molar refractivity (Wildman–Crippen MR) is 152 cm³/mol. The van der Waals surface area contributed by atoms with Crippen molar-refractivity contribution in [2.45, 2.75) is 64.1 Å². The van der Waals surface area contributed by atoms with Crippen molar-refractivity contribution in [3.05, 3.63) is 45.2 Å². The number of rotatable bonds is 10. The number of aryl methyl sites for hydroxylation is 1. The Morgan fingerprint density at radius 1 is 1.13 bits per heavy atom. The minimum absolute atomic E-state index is 0.00679. The Bertz CT molecular complexity index is 1140. The number of hydrogen-bond donors (Lipinski definition) is 2. The highest BCUT2D eigenvalue weighted by atomic mass is 35.5. The second kappa shape index (κ2) is 13.1. The number of nitrogens with zero attached hydrogens (tertiary/aromatic N) is 5. The van der Waals surface area contributed by atoms with E-state index in [1.54, 1.807) is 0 Å². The van der Waals surface area contributed by atoms with Crippen LogP contribution in [0.25, 0.3) is 0 Å². The Hall–Kier alpha value is -2.46. The van der Waals surface area contributed by atoms with Gasteiger partial charge in [0.15, 0.2) is 22.5 Å². The highest BCUT2D eigenvalue weighted by Gasteiger charge is 2.34. The zero-order chi connectivity index (χ0) is 27.2. The van der Waals surface area contributed by atoms with Crippen LogP contribution in [0.1, 0.15) is 60.6 Å². The summed E-state index contributed by atoms with van der Waals surface area (Å²) in [5, 5.41) is 0.898. The summed E-state index contributed by atoms with van der Waals surface area (Å²) in [6.07, 6.45) is 6.52. The quantitative estimate of drug-likeness (QED) is 0.333. The second-order valence-corrected chi connectivity index (χ2v) is 11.0. The molecule has 1 atom stereocenters. The van der Waals surface area contributed by atoms with Crippen molar-refractivity contribution in [1.82, 2.24) is 19.8 Å². The molecule has 206 valence electrons. The number of nitrogen functional groups attached to an aromatic ring is 1. The fourth-order valence-electron chi connectivity index (χ4n) is 5.71.